The lowest BCUT2D eigenvalue weighted by Crippen LogP contribution is -2.72. The molecule has 75 heavy (non-hydrogen) atoms. The molecule has 2 aromatic carbocycles. The zero-order chi connectivity index (χ0) is 55.9. The van der Waals surface area contributed by atoms with Crippen molar-refractivity contribution >= 4 is 35.3 Å². The molecule has 27 heteroatoms. The second-order valence-electron chi connectivity index (χ2n) is 17.9. The Bertz CT molecular complexity index is 2530. The first-order chi connectivity index (χ1) is 35.2. The van der Waals surface area contributed by atoms with E-state index in [1.165, 1.54) is 24.3 Å². The molecule has 16 unspecified atom stereocenters. The summed E-state index contributed by atoms with van der Waals surface area (Å²) in [6.45, 7) is -4.07. The summed E-state index contributed by atoms with van der Waals surface area (Å²) in [4.78, 5) is 60.1. The average molecular weight is 1060 g/mol. The molecule has 6 rings (SSSR count). The molecule has 2 aromatic rings. The minimum Gasteiger partial charge on any atom is -0.508 e. The van der Waals surface area contributed by atoms with E-state index < -0.39 is 191 Å². The first-order valence-electron chi connectivity index (χ1n) is 22.4. The van der Waals surface area contributed by atoms with E-state index in [0.29, 0.717) is 12.2 Å². The van der Waals surface area contributed by atoms with Crippen LogP contribution in [0, 0.1) is 5.92 Å². The number of ether oxygens (including phenoxy) is 2. The minimum absolute atomic E-state index is 0.0960. The molecule has 4 aliphatic rings. The van der Waals surface area contributed by atoms with E-state index in [-0.39, 0.29) is 22.6 Å². The average Bonchev–Trinajstić information content (AvgIpc) is 3.39. The molecule has 0 saturated carbocycles. The Hall–Kier alpha value is -6.32. The van der Waals surface area contributed by atoms with Gasteiger partial charge in [0, 0.05) is 0 Å². The van der Waals surface area contributed by atoms with E-state index >= 15 is 9.59 Å². The number of hydrogen-bond acceptors (Lipinski definition) is 27. The number of allylic oxidation sites excluding steroid dienone is 4. The highest BCUT2D eigenvalue weighted by Gasteiger charge is 2.68. The van der Waals surface area contributed by atoms with Crippen LogP contribution in [0.15, 0.2) is 106 Å². The van der Waals surface area contributed by atoms with Crippen LogP contribution in [-0.4, -0.2) is 247 Å². The topological polar surface area (TPSA) is 512 Å². The fourth-order valence-corrected chi connectivity index (χ4v) is 9.07. The van der Waals surface area contributed by atoms with Crippen molar-refractivity contribution in [2.24, 2.45) is 5.92 Å². The molecule has 0 spiro atoms. The number of phenols is 2. The number of rotatable bonds is 15. The van der Waals surface area contributed by atoms with Crippen molar-refractivity contribution in [1.82, 2.24) is 0 Å². The highest BCUT2D eigenvalue weighted by Crippen LogP contribution is 2.48. The molecule has 21 N–H and O–H groups in total. The molecule has 2 heterocycles. The molecule has 2 aliphatic heterocycles. The van der Waals surface area contributed by atoms with Gasteiger partial charge < -0.3 is 117 Å². The molecule has 408 valence electrons. The molecule has 2 aliphatic carbocycles. The van der Waals surface area contributed by atoms with Crippen LogP contribution in [-0.2, 0) is 28.7 Å². The molecule has 2 saturated heterocycles. The van der Waals surface area contributed by atoms with Crippen LogP contribution in [0.4, 0.5) is 0 Å². The lowest BCUT2D eigenvalue weighted by atomic mass is 9.62. The van der Waals surface area contributed by atoms with Gasteiger partial charge in [0.2, 0.25) is 34.3 Å². The number of carbonyl (C=O) groups excluding carboxylic acids is 4. The Morgan fingerprint density at radius 1 is 0.507 bits per heavy atom. The van der Waals surface area contributed by atoms with Gasteiger partial charge in [0.15, 0.2) is 0 Å². The van der Waals surface area contributed by atoms with Gasteiger partial charge >= 0.3 is 0 Å². The number of phenolic OH excluding ortho intramolecular Hbond substituents is 2. The zero-order valence-corrected chi connectivity index (χ0v) is 38.6. The summed E-state index contributed by atoms with van der Waals surface area (Å²) in [7, 11) is 0. The number of aliphatic hydroxyl groups is 19. The molecular formula is C48H54O27. The lowest BCUT2D eigenvalue weighted by molar-refractivity contribution is -0.261. The molecule has 27 nitrogen and oxygen atoms in total. The number of hydrogen-bond donors (Lipinski definition) is 21. The van der Waals surface area contributed by atoms with Crippen molar-refractivity contribution in [2.75, 3.05) is 19.8 Å². The molecule has 2 fully saturated rings. The van der Waals surface area contributed by atoms with Gasteiger partial charge in [0.25, 0.3) is 0 Å². The van der Waals surface area contributed by atoms with Crippen molar-refractivity contribution < 1.29 is 136 Å². The SMILES string of the molecule is O=C1C(C(C2=C(O)/C(=C(/O)C=Cc3ccc(O)cc3)C(=O)C(O)(C3OC(CO)C(O)C(O)C3O)C2=O)C(O)C(O)C(O)C(O)CO)=C(O)/C(=C(/O)C=Cc2ccc(O)cc2)C(=O)C1(O)C1OC(CO)C(O)C(O)C1O. The summed E-state index contributed by atoms with van der Waals surface area (Å²) >= 11 is 0. The maximum atomic E-state index is 15.3. The van der Waals surface area contributed by atoms with Gasteiger partial charge in [-0.25, -0.2) is 0 Å². The van der Waals surface area contributed by atoms with E-state index in [4.69, 9.17) is 9.47 Å². The van der Waals surface area contributed by atoms with Crippen molar-refractivity contribution in [3.8, 4) is 11.5 Å². The first-order valence-corrected chi connectivity index (χ1v) is 22.4. The van der Waals surface area contributed by atoms with Gasteiger partial charge in [-0.3, -0.25) is 19.2 Å². The van der Waals surface area contributed by atoms with Gasteiger partial charge in [-0.1, -0.05) is 36.4 Å². The van der Waals surface area contributed by atoms with E-state index in [2.05, 4.69) is 0 Å². The Balaban J connectivity index is 1.77. The molecule has 0 aromatic heterocycles. The Labute approximate surface area is 421 Å². The second kappa shape index (κ2) is 22.5. The summed E-state index contributed by atoms with van der Waals surface area (Å²) in [5.41, 5.74) is -15.7. The quantitative estimate of drug-likeness (QED) is 0.0448. The predicted molar refractivity (Wildman–Crippen MR) is 245 cm³/mol. The fourth-order valence-electron chi connectivity index (χ4n) is 9.07. The number of aromatic hydroxyl groups is 2. The summed E-state index contributed by atoms with van der Waals surface area (Å²) in [5, 5.41) is 233. The van der Waals surface area contributed by atoms with E-state index in [9.17, 15) is 117 Å². The largest absolute Gasteiger partial charge is 0.508 e. The number of aliphatic hydroxyl groups excluding tert-OH is 17. The number of carbonyl (C=O) groups is 4. The Morgan fingerprint density at radius 2 is 0.853 bits per heavy atom. The number of benzene rings is 2. The molecular weight excluding hydrogens is 1010 g/mol. The minimum atomic E-state index is -4.30. The van der Waals surface area contributed by atoms with Crippen LogP contribution < -0.4 is 0 Å². The summed E-state index contributed by atoms with van der Waals surface area (Å²) < 4.78 is 10.7. The van der Waals surface area contributed by atoms with Crippen molar-refractivity contribution in [3.05, 3.63) is 117 Å². The van der Waals surface area contributed by atoms with Crippen LogP contribution in [0.3, 0.4) is 0 Å². The fraction of sp³-hybridized carbons (Fsp3) is 0.417. The summed E-state index contributed by atoms with van der Waals surface area (Å²) in [5.74, 6) is -20.2. The third-order valence-corrected chi connectivity index (χ3v) is 13.3. The van der Waals surface area contributed by atoms with Gasteiger partial charge in [0.1, 0.15) is 125 Å². The zero-order valence-electron chi connectivity index (χ0n) is 38.6. The van der Waals surface area contributed by atoms with Gasteiger partial charge in [-0.05, 0) is 47.5 Å². The van der Waals surface area contributed by atoms with E-state index in [1.54, 1.807) is 0 Å². The molecule has 0 amide bonds. The maximum Gasteiger partial charge on any atom is 0.219 e. The van der Waals surface area contributed by atoms with Gasteiger partial charge in [0.05, 0.1) is 43.0 Å². The smallest absolute Gasteiger partial charge is 0.219 e. The number of ketones is 4. The monoisotopic (exact) mass is 1060 g/mol. The van der Waals surface area contributed by atoms with Crippen molar-refractivity contribution in [2.45, 2.75) is 96.7 Å². The van der Waals surface area contributed by atoms with E-state index in [0.717, 1.165) is 36.4 Å². The second-order valence-corrected chi connectivity index (χ2v) is 17.9. The third kappa shape index (κ3) is 10.1. The van der Waals surface area contributed by atoms with Crippen LogP contribution in [0.2, 0.25) is 0 Å². The van der Waals surface area contributed by atoms with Gasteiger partial charge in [-0.15, -0.1) is 0 Å². The highest BCUT2D eigenvalue weighted by molar-refractivity contribution is 6.31. The Morgan fingerprint density at radius 3 is 1.17 bits per heavy atom. The number of Topliss-reactive ketones (excluding diaryl/α,β-unsaturated/α-hetero) is 4. The Kier molecular flexibility index (Phi) is 17.4. The van der Waals surface area contributed by atoms with Crippen LogP contribution >= 0.6 is 0 Å². The van der Waals surface area contributed by atoms with Crippen molar-refractivity contribution in [3.63, 3.8) is 0 Å². The van der Waals surface area contributed by atoms with Gasteiger partial charge in [-0.2, -0.15) is 0 Å². The van der Waals surface area contributed by atoms with Crippen molar-refractivity contribution in [1.29, 1.82) is 0 Å². The maximum absolute atomic E-state index is 15.3. The molecule has 0 bridgehead atoms. The third-order valence-electron chi connectivity index (χ3n) is 13.3. The highest BCUT2D eigenvalue weighted by atomic mass is 16.6. The summed E-state index contributed by atoms with van der Waals surface area (Å²) in [6, 6.07) is 9.47. The lowest BCUT2D eigenvalue weighted by Gasteiger charge is -2.48. The molecule has 16 atom stereocenters. The predicted octanol–water partition coefficient (Wildman–Crippen LogP) is -6.42. The first kappa shape index (κ1) is 57.9. The normalized spacial score (nSPS) is 34.5. The van der Waals surface area contributed by atoms with Crippen LogP contribution in [0.25, 0.3) is 12.2 Å². The molecule has 0 radical (unpaired) electrons. The summed E-state index contributed by atoms with van der Waals surface area (Å²) in [6.07, 6.45) is -34.3. The standard InChI is InChI=1S/C48H54O27/c49-13-22(56)30(57)36(63)35(62)27(28-33(60)25(20(54)11-5-16-1-7-18(52)8-2-16)41(68)47(72,43(28)70)45-39(66)37(64)31(58)23(14-50)74-45)29-34(61)26(21(55)12-6-17-3-9-19(53)10-4-17)42(69)48(73,44(29)71)46-40(67)38(65)32(59)24(15-51)75-46/h1-12,22-24,27,30-32,35-40,45-46,49-67,72-73H,13-15H2/b11-5?,12-6?,25-20-,26-21-. The van der Waals surface area contributed by atoms with Crippen LogP contribution in [0.1, 0.15) is 11.1 Å². The van der Waals surface area contributed by atoms with Crippen LogP contribution in [0.5, 0.6) is 11.5 Å². The van der Waals surface area contributed by atoms with E-state index in [1.807, 2.05) is 0 Å².